The van der Waals surface area contributed by atoms with E-state index in [4.69, 9.17) is 10.00 Å². The van der Waals surface area contributed by atoms with E-state index in [1.165, 1.54) is 7.11 Å². The molecule has 5 nitrogen and oxygen atoms in total. The average molecular weight is 343 g/mol. The van der Waals surface area contributed by atoms with Gasteiger partial charge >= 0.3 is 5.97 Å². The molecule has 0 atom stereocenters. The summed E-state index contributed by atoms with van der Waals surface area (Å²) in [6.45, 7) is 2.54. The zero-order chi connectivity index (χ0) is 18.5. The highest BCUT2D eigenvalue weighted by Gasteiger charge is 2.12. The third-order valence-electron chi connectivity index (χ3n) is 4.00. The Morgan fingerprint density at radius 2 is 2.12 bits per heavy atom. The third kappa shape index (κ3) is 3.58. The predicted molar refractivity (Wildman–Crippen MR) is 98.5 cm³/mol. The van der Waals surface area contributed by atoms with Crippen molar-refractivity contribution in [3.8, 4) is 17.9 Å². The van der Waals surface area contributed by atoms with E-state index in [-0.39, 0.29) is 0 Å². The minimum atomic E-state index is -0.393. The number of esters is 1. The van der Waals surface area contributed by atoms with Gasteiger partial charge in [-0.1, -0.05) is 12.0 Å². The summed E-state index contributed by atoms with van der Waals surface area (Å²) in [5.41, 5.74) is 3.93. The molecule has 0 aliphatic heterocycles. The van der Waals surface area contributed by atoms with Crippen LogP contribution in [-0.2, 0) is 11.3 Å². The number of nitriles is 1. The van der Waals surface area contributed by atoms with Crippen LogP contribution in [0.5, 0.6) is 0 Å². The van der Waals surface area contributed by atoms with Crippen LogP contribution in [-0.4, -0.2) is 22.6 Å². The summed E-state index contributed by atoms with van der Waals surface area (Å²) in [7, 11) is 1.36. The number of nitrogens with zero attached hydrogens (tertiary/aromatic N) is 3. The molecule has 3 rings (SSSR count). The minimum Gasteiger partial charge on any atom is -0.465 e. The fraction of sp³-hybridized carbons (Fsp3) is 0.190. The maximum absolute atomic E-state index is 11.8. The number of carbonyl (C=O) groups excluding carboxylic acids is 1. The van der Waals surface area contributed by atoms with Crippen molar-refractivity contribution in [1.82, 2.24) is 9.55 Å². The summed E-state index contributed by atoms with van der Waals surface area (Å²) >= 11 is 0. The highest BCUT2D eigenvalue weighted by molar-refractivity contribution is 5.96. The van der Waals surface area contributed by atoms with Crippen molar-refractivity contribution in [3.05, 3.63) is 65.1 Å². The fourth-order valence-electron chi connectivity index (χ4n) is 2.67. The van der Waals surface area contributed by atoms with Crippen molar-refractivity contribution < 1.29 is 9.53 Å². The summed E-state index contributed by atoms with van der Waals surface area (Å²) in [4.78, 5) is 16.1. The Bertz CT molecular complexity index is 1060. The van der Waals surface area contributed by atoms with Gasteiger partial charge in [0.1, 0.15) is 5.69 Å². The lowest BCUT2D eigenvalue weighted by atomic mass is 10.1. The number of carbonyl (C=O) groups is 1. The second-order valence-corrected chi connectivity index (χ2v) is 5.84. The van der Waals surface area contributed by atoms with Crippen molar-refractivity contribution in [2.75, 3.05) is 7.11 Å². The Kier molecular flexibility index (Phi) is 5.01. The van der Waals surface area contributed by atoms with Gasteiger partial charge in [-0.25, -0.2) is 9.78 Å². The molecule has 3 aromatic rings. The van der Waals surface area contributed by atoms with Crippen molar-refractivity contribution in [3.63, 3.8) is 0 Å². The molecule has 0 aliphatic rings. The Morgan fingerprint density at radius 3 is 2.81 bits per heavy atom. The number of pyridine rings is 1. The van der Waals surface area contributed by atoms with Crippen LogP contribution in [0.15, 0.2) is 42.7 Å². The van der Waals surface area contributed by atoms with Gasteiger partial charge < -0.3 is 9.30 Å². The van der Waals surface area contributed by atoms with E-state index in [9.17, 15) is 4.79 Å². The molecule has 0 amide bonds. The third-order valence-corrected chi connectivity index (χ3v) is 4.00. The van der Waals surface area contributed by atoms with Crippen LogP contribution >= 0.6 is 0 Å². The first kappa shape index (κ1) is 17.3. The van der Waals surface area contributed by atoms with E-state index in [0.717, 1.165) is 22.0 Å². The van der Waals surface area contributed by atoms with Crippen molar-refractivity contribution in [2.24, 2.45) is 0 Å². The Hall–Kier alpha value is -3.57. The molecule has 0 saturated carbocycles. The number of hydrogen-bond acceptors (Lipinski definition) is 4. The predicted octanol–water partition coefficient (Wildman–Crippen LogP) is 3.44. The van der Waals surface area contributed by atoms with Crippen LogP contribution in [0, 0.1) is 30.1 Å². The summed E-state index contributed by atoms with van der Waals surface area (Å²) in [5, 5.41) is 9.72. The van der Waals surface area contributed by atoms with Gasteiger partial charge in [0, 0.05) is 29.8 Å². The first-order valence-electron chi connectivity index (χ1n) is 8.15. The van der Waals surface area contributed by atoms with Crippen molar-refractivity contribution in [2.45, 2.75) is 19.9 Å². The Labute approximate surface area is 151 Å². The highest BCUT2D eigenvalue weighted by Crippen LogP contribution is 2.23. The van der Waals surface area contributed by atoms with Crippen LogP contribution in [0.1, 0.15) is 33.6 Å². The maximum Gasteiger partial charge on any atom is 0.337 e. The molecule has 0 N–H and O–H groups in total. The van der Waals surface area contributed by atoms with Gasteiger partial charge in [0.2, 0.25) is 0 Å². The smallest absolute Gasteiger partial charge is 0.337 e. The summed E-state index contributed by atoms with van der Waals surface area (Å²) in [6.07, 6.45) is 4.08. The van der Waals surface area contributed by atoms with Gasteiger partial charge in [0.15, 0.2) is 0 Å². The van der Waals surface area contributed by atoms with E-state index in [2.05, 4.69) is 22.9 Å². The summed E-state index contributed by atoms with van der Waals surface area (Å²) in [5.74, 6) is 5.80. The van der Waals surface area contributed by atoms with Gasteiger partial charge in [0.25, 0.3) is 0 Å². The molecule has 1 aromatic carbocycles. The number of rotatable bonds is 3. The Morgan fingerprint density at radius 1 is 1.27 bits per heavy atom. The van der Waals surface area contributed by atoms with E-state index in [1.807, 2.05) is 35.9 Å². The minimum absolute atomic E-state index is 0.393. The number of benzene rings is 1. The van der Waals surface area contributed by atoms with Crippen LogP contribution < -0.4 is 0 Å². The summed E-state index contributed by atoms with van der Waals surface area (Å²) in [6, 6.07) is 11.3. The highest BCUT2D eigenvalue weighted by atomic mass is 16.5. The normalized spacial score (nSPS) is 10.0. The number of fused-ring (bicyclic) bond motifs is 1. The summed E-state index contributed by atoms with van der Waals surface area (Å²) < 4.78 is 6.78. The molecule has 0 aliphatic carbocycles. The molecule has 128 valence electrons. The lowest BCUT2D eigenvalue weighted by molar-refractivity contribution is 0.0601. The van der Waals surface area contributed by atoms with Crippen LogP contribution in [0.2, 0.25) is 0 Å². The number of aryl methyl sites for hydroxylation is 2. The second kappa shape index (κ2) is 7.55. The van der Waals surface area contributed by atoms with Crippen molar-refractivity contribution in [1.29, 1.82) is 5.26 Å². The van der Waals surface area contributed by atoms with Gasteiger partial charge in [-0.2, -0.15) is 5.26 Å². The first-order chi connectivity index (χ1) is 12.6. The van der Waals surface area contributed by atoms with Crippen molar-refractivity contribution >= 4 is 16.9 Å². The SMILES string of the molecule is COC(=O)c1ccc2c(c1)c(C#Cc1ccc(C)cn1)cn2CCC#N. The largest absolute Gasteiger partial charge is 0.465 e. The van der Waals surface area contributed by atoms with E-state index >= 15 is 0 Å². The van der Waals surface area contributed by atoms with E-state index < -0.39 is 5.97 Å². The molecule has 0 unspecified atom stereocenters. The molecule has 0 bridgehead atoms. The molecule has 5 heteroatoms. The lowest BCUT2D eigenvalue weighted by Gasteiger charge is -2.03. The van der Waals surface area contributed by atoms with Gasteiger partial charge in [-0.05, 0) is 42.7 Å². The number of methoxy groups -OCH3 is 1. The van der Waals surface area contributed by atoms with Crippen LogP contribution in [0.3, 0.4) is 0 Å². The molecule has 2 aromatic heterocycles. The second-order valence-electron chi connectivity index (χ2n) is 5.84. The quantitative estimate of drug-likeness (QED) is 0.540. The lowest BCUT2D eigenvalue weighted by Crippen LogP contribution is -2.01. The molecule has 0 radical (unpaired) electrons. The molecule has 26 heavy (non-hydrogen) atoms. The average Bonchev–Trinajstić information content (AvgIpc) is 3.02. The first-order valence-corrected chi connectivity index (χ1v) is 8.15. The molecule has 2 heterocycles. The fourth-order valence-corrected chi connectivity index (χ4v) is 2.67. The standard InChI is InChI=1S/C21H17N3O2/c1-15-4-7-18(23-13-15)8-5-17-14-24(11-3-10-22)20-9-6-16(12-19(17)20)21(25)26-2/h4,6-7,9,12-14H,3,11H2,1-2H3. The number of hydrogen-bond donors (Lipinski definition) is 0. The molecule has 0 saturated heterocycles. The number of aromatic nitrogens is 2. The molecular formula is C21H17N3O2. The monoisotopic (exact) mass is 343 g/mol. The molecular weight excluding hydrogens is 326 g/mol. The van der Waals surface area contributed by atoms with Gasteiger partial charge in [-0.15, -0.1) is 0 Å². The van der Waals surface area contributed by atoms with Crippen LogP contribution in [0.25, 0.3) is 10.9 Å². The number of ether oxygens (including phenoxy) is 1. The van der Waals surface area contributed by atoms with Gasteiger partial charge in [-0.3, -0.25) is 0 Å². The molecule has 0 spiro atoms. The Balaban J connectivity index is 2.09. The van der Waals surface area contributed by atoms with E-state index in [0.29, 0.717) is 24.2 Å². The molecule has 0 fully saturated rings. The zero-order valence-electron chi connectivity index (χ0n) is 14.6. The zero-order valence-corrected chi connectivity index (χ0v) is 14.6. The van der Waals surface area contributed by atoms with E-state index in [1.54, 1.807) is 18.3 Å². The topological polar surface area (TPSA) is 67.9 Å². The van der Waals surface area contributed by atoms with Crippen LogP contribution in [0.4, 0.5) is 0 Å². The van der Waals surface area contributed by atoms with Gasteiger partial charge in [0.05, 0.1) is 30.7 Å². The maximum atomic E-state index is 11.8.